The summed E-state index contributed by atoms with van der Waals surface area (Å²) in [5.41, 5.74) is 0.0351. The molecule has 4 fully saturated rings. The smallest absolute Gasteiger partial charge is 0.421 e. The van der Waals surface area contributed by atoms with Gasteiger partial charge in [-0.2, -0.15) is 0 Å². The summed E-state index contributed by atoms with van der Waals surface area (Å²) in [6, 6.07) is 3.34. The van der Waals surface area contributed by atoms with Crippen LogP contribution in [0.4, 0.5) is 4.79 Å². The number of aliphatic hydroxyl groups is 2. The third-order valence-corrected chi connectivity index (χ3v) is 15.7. The number of amides is 1. The van der Waals surface area contributed by atoms with Crippen molar-refractivity contribution < 1.29 is 28.2 Å². The second-order valence-corrected chi connectivity index (χ2v) is 18.7. The molecule has 0 bridgehead atoms. The van der Waals surface area contributed by atoms with Crippen molar-refractivity contribution in [3.8, 4) is 0 Å². The van der Waals surface area contributed by atoms with Crippen LogP contribution in [-0.2, 0) is 20.2 Å². The molecule has 4 aliphatic rings. The molecule has 0 unspecified atom stereocenters. The van der Waals surface area contributed by atoms with Crippen molar-refractivity contribution >= 4 is 27.5 Å². The maximum absolute atomic E-state index is 12.8. The highest BCUT2D eigenvalue weighted by Crippen LogP contribution is 2.69. The van der Waals surface area contributed by atoms with E-state index in [0.29, 0.717) is 23.7 Å². The van der Waals surface area contributed by atoms with Crippen LogP contribution in [0, 0.1) is 52.3 Å². The molecule has 1 heterocycles. The van der Waals surface area contributed by atoms with E-state index in [1.165, 1.54) is 11.3 Å². The fourth-order valence-corrected chi connectivity index (χ4v) is 12.6. The Balaban J connectivity index is 1.25. The van der Waals surface area contributed by atoms with Crippen LogP contribution in [0.5, 0.6) is 0 Å². The van der Waals surface area contributed by atoms with E-state index in [1.807, 2.05) is 20.8 Å². The van der Waals surface area contributed by atoms with Gasteiger partial charge in [-0.15, -0.1) is 11.3 Å². The lowest BCUT2D eigenvalue weighted by molar-refractivity contribution is -0.203. The molecular weight excluding hydrogens is 570 g/mol. The lowest BCUT2D eigenvalue weighted by Gasteiger charge is -2.64. The lowest BCUT2D eigenvalue weighted by atomic mass is 9.41. The van der Waals surface area contributed by atoms with Crippen LogP contribution in [0.1, 0.15) is 105 Å². The zero-order chi connectivity index (χ0) is 30.8. The van der Waals surface area contributed by atoms with Gasteiger partial charge in [0.1, 0.15) is 4.21 Å². The van der Waals surface area contributed by atoms with Crippen molar-refractivity contribution in [1.82, 2.24) is 4.72 Å². The van der Waals surface area contributed by atoms with Crippen LogP contribution in [-0.4, -0.2) is 43.5 Å². The van der Waals surface area contributed by atoms with Gasteiger partial charge < -0.3 is 14.9 Å². The summed E-state index contributed by atoms with van der Waals surface area (Å²) in [6.07, 6.45) is 6.43. The van der Waals surface area contributed by atoms with E-state index in [1.54, 1.807) is 12.1 Å². The summed E-state index contributed by atoms with van der Waals surface area (Å²) in [7, 11) is -3.99. The number of hydrogen-bond acceptors (Lipinski definition) is 7. The quantitative estimate of drug-likeness (QED) is 0.324. The molecule has 0 aromatic carbocycles. The Morgan fingerprint density at radius 3 is 2.38 bits per heavy atom. The Morgan fingerprint density at radius 1 is 1.07 bits per heavy atom. The standard InChI is InChI=1S/C33H53NO6S2/c1-8-21-25-17-20(35)13-15-33(25,7)24-14-16-32(6)22(9-10-23(32)28(24)29(21)36)19(2)18-40-30(37)34-42(38,39)27-12-11-26(41-27)31(3,4)5/h11-12,19-25,28-29,35-36H,8-10,13-18H2,1-7H3,(H,34,37)/t19-,20-,21-,22-,23+,24+,25+,28+,29-,32-,33-/m1/s1. The Kier molecular flexibility index (Phi) is 8.70. The van der Waals surface area contributed by atoms with E-state index in [0.717, 1.165) is 56.2 Å². The van der Waals surface area contributed by atoms with Crippen molar-refractivity contribution in [3.05, 3.63) is 17.0 Å². The highest BCUT2D eigenvalue weighted by molar-refractivity contribution is 7.92. The molecule has 7 nitrogen and oxygen atoms in total. The van der Waals surface area contributed by atoms with E-state index >= 15 is 0 Å². The van der Waals surface area contributed by atoms with Gasteiger partial charge in [-0.05, 0) is 115 Å². The second kappa shape index (κ2) is 11.3. The number of sulfonamides is 1. The van der Waals surface area contributed by atoms with Crippen molar-refractivity contribution in [1.29, 1.82) is 0 Å². The first-order valence-electron chi connectivity index (χ1n) is 16.2. The number of ether oxygens (including phenoxy) is 1. The molecule has 4 saturated carbocycles. The van der Waals surface area contributed by atoms with Gasteiger partial charge in [0.2, 0.25) is 0 Å². The van der Waals surface area contributed by atoms with Gasteiger partial charge in [-0.25, -0.2) is 17.9 Å². The minimum absolute atomic E-state index is 0.0451. The van der Waals surface area contributed by atoms with Crippen LogP contribution in [0.25, 0.3) is 0 Å². The zero-order valence-corrected chi connectivity index (χ0v) is 28.2. The maximum atomic E-state index is 12.8. The monoisotopic (exact) mass is 623 g/mol. The largest absolute Gasteiger partial charge is 0.449 e. The predicted molar refractivity (Wildman–Crippen MR) is 166 cm³/mol. The van der Waals surface area contributed by atoms with Crippen molar-refractivity contribution in [2.75, 3.05) is 6.61 Å². The molecule has 42 heavy (non-hydrogen) atoms. The molecule has 9 heteroatoms. The van der Waals surface area contributed by atoms with Gasteiger partial charge in [0.15, 0.2) is 0 Å². The van der Waals surface area contributed by atoms with E-state index in [-0.39, 0.29) is 57.0 Å². The number of rotatable bonds is 6. The number of hydrogen-bond donors (Lipinski definition) is 3. The molecule has 1 amide bonds. The number of aliphatic hydroxyl groups excluding tert-OH is 2. The van der Waals surface area contributed by atoms with Crippen LogP contribution in [0.3, 0.4) is 0 Å². The molecule has 5 rings (SSSR count). The SMILES string of the molecule is CC[C@H]1[C@@H](O)[C@@H]2[C@H](CC[C@]3(C)[C@@H]([C@H](C)COC(=O)NS(=O)(=O)c4ccc(C(C)(C)C)s4)CC[C@@H]23)[C@@]2(C)CC[C@@H](O)C[C@@H]12. The van der Waals surface area contributed by atoms with Crippen LogP contribution in [0.15, 0.2) is 16.3 Å². The first-order valence-corrected chi connectivity index (χ1v) is 18.5. The fourth-order valence-electron chi connectivity index (χ4n) is 10.3. The normalized spacial score (nSPS) is 40.9. The summed E-state index contributed by atoms with van der Waals surface area (Å²) in [6.45, 7) is 15.4. The second-order valence-electron chi connectivity index (χ2n) is 15.7. The molecular formula is C33H53NO6S2. The van der Waals surface area contributed by atoms with Crippen molar-refractivity contribution in [2.45, 2.75) is 122 Å². The summed E-state index contributed by atoms with van der Waals surface area (Å²) in [5, 5.41) is 22.4. The number of carbonyl (C=O) groups is 1. The van der Waals surface area contributed by atoms with Gasteiger partial charge in [-0.1, -0.05) is 54.9 Å². The van der Waals surface area contributed by atoms with Gasteiger partial charge in [0.25, 0.3) is 10.0 Å². The summed E-state index contributed by atoms with van der Waals surface area (Å²) in [5.74, 6) is 2.17. The average Bonchev–Trinajstić information content (AvgIpc) is 3.54. The van der Waals surface area contributed by atoms with Gasteiger partial charge in [-0.3, -0.25) is 0 Å². The number of fused-ring (bicyclic) bond motifs is 5. The zero-order valence-electron chi connectivity index (χ0n) is 26.6. The molecule has 4 aliphatic carbocycles. The highest BCUT2D eigenvalue weighted by Gasteiger charge is 2.65. The highest BCUT2D eigenvalue weighted by atomic mass is 32.2. The van der Waals surface area contributed by atoms with Gasteiger partial charge >= 0.3 is 6.09 Å². The first-order chi connectivity index (χ1) is 19.5. The van der Waals surface area contributed by atoms with Crippen molar-refractivity contribution in [3.63, 3.8) is 0 Å². The number of nitrogens with one attached hydrogen (secondary N) is 1. The lowest BCUT2D eigenvalue weighted by Crippen LogP contribution is -2.62. The van der Waals surface area contributed by atoms with Crippen LogP contribution < -0.4 is 4.72 Å². The Morgan fingerprint density at radius 2 is 1.74 bits per heavy atom. The minimum Gasteiger partial charge on any atom is -0.449 e. The molecule has 238 valence electrons. The van der Waals surface area contributed by atoms with Crippen LogP contribution in [0.2, 0.25) is 0 Å². The van der Waals surface area contributed by atoms with Gasteiger partial charge in [0, 0.05) is 4.88 Å². The van der Waals surface area contributed by atoms with Crippen molar-refractivity contribution in [2.24, 2.45) is 52.3 Å². The molecule has 11 atom stereocenters. The van der Waals surface area contributed by atoms with E-state index in [2.05, 4.69) is 32.4 Å². The summed E-state index contributed by atoms with van der Waals surface area (Å²) in [4.78, 5) is 13.6. The van der Waals surface area contributed by atoms with E-state index in [9.17, 15) is 23.4 Å². The van der Waals surface area contributed by atoms with Crippen LogP contribution >= 0.6 is 11.3 Å². The molecule has 1 aromatic rings. The first kappa shape index (κ1) is 32.2. The Bertz CT molecular complexity index is 1260. The Labute approximate surface area is 257 Å². The third-order valence-electron chi connectivity index (χ3n) is 12.4. The predicted octanol–water partition coefficient (Wildman–Crippen LogP) is 6.72. The molecule has 1 aromatic heterocycles. The molecule has 0 aliphatic heterocycles. The Hall–Kier alpha value is -1.16. The molecule has 3 N–H and O–H groups in total. The number of thiophene rings is 1. The average molecular weight is 624 g/mol. The maximum Gasteiger partial charge on any atom is 0.421 e. The number of carbonyl (C=O) groups excluding carboxylic acids is 1. The topological polar surface area (TPSA) is 113 Å². The van der Waals surface area contributed by atoms with E-state index < -0.39 is 16.1 Å². The molecule has 0 spiro atoms. The summed E-state index contributed by atoms with van der Waals surface area (Å²) >= 11 is 1.17. The fraction of sp³-hybridized carbons (Fsp3) is 0.848. The van der Waals surface area contributed by atoms with E-state index in [4.69, 9.17) is 4.74 Å². The molecule has 0 radical (unpaired) electrons. The molecule has 0 saturated heterocycles. The minimum atomic E-state index is -3.99. The third kappa shape index (κ3) is 5.47. The van der Waals surface area contributed by atoms with Gasteiger partial charge in [0.05, 0.1) is 18.8 Å². The summed E-state index contributed by atoms with van der Waals surface area (Å²) < 4.78 is 33.4.